The van der Waals surface area contributed by atoms with Crippen molar-refractivity contribution in [2.45, 2.75) is 50.5 Å². The number of likely N-dealkylation sites (N-methyl/N-ethyl adjacent to an activating group) is 1. The van der Waals surface area contributed by atoms with Crippen molar-refractivity contribution in [3.8, 4) is 0 Å². The van der Waals surface area contributed by atoms with Crippen molar-refractivity contribution < 1.29 is 13.5 Å². The van der Waals surface area contributed by atoms with E-state index in [0.717, 1.165) is 58.0 Å². The SMILES string of the molecule is CN(CC1(O)CCCC1)S(=O)(=O)CCC1CCNCC1. The summed E-state index contributed by atoms with van der Waals surface area (Å²) in [4.78, 5) is 0. The van der Waals surface area contributed by atoms with E-state index in [0.29, 0.717) is 5.92 Å². The van der Waals surface area contributed by atoms with Gasteiger partial charge in [0.25, 0.3) is 0 Å². The standard InChI is InChI=1S/C14H28N2O3S/c1-16(12-14(17)7-2-3-8-14)20(18,19)11-6-13-4-9-15-10-5-13/h13,15,17H,2-12H2,1H3. The third kappa shape index (κ3) is 4.41. The van der Waals surface area contributed by atoms with Gasteiger partial charge in [-0.3, -0.25) is 0 Å². The van der Waals surface area contributed by atoms with Crippen molar-refractivity contribution >= 4 is 10.0 Å². The summed E-state index contributed by atoms with van der Waals surface area (Å²) in [6, 6.07) is 0. The Morgan fingerprint density at radius 2 is 1.85 bits per heavy atom. The average molecular weight is 304 g/mol. The van der Waals surface area contributed by atoms with Crippen molar-refractivity contribution in [1.29, 1.82) is 0 Å². The average Bonchev–Trinajstić information content (AvgIpc) is 2.84. The molecule has 0 aromatic carbocycles. The molecule has 2 N–H and O–H groups in total. The van der Waals surface area contributed by atoms with Crippen molar-refractivity contribution in [2.75, 3.05) is 32.4 Å². The van der Waals surface area contributed by atoms with E-state index in [1.807, 2.05) is 0 Å². The van der Waals surface area contributed by atoms with E-state index in [1.165, 1.54) is 4.31 Å². The second kappa shape index (κ2) is 6.73. The van der Waals surface area contributed by atoms with E-state index in [9.17, 15) is 13.5 Å². The Morgan fingerprint density at radius 3 is 2.45 bits per heavy atom. The van der Waals surface area contributed by atoms with Gasteiger partial charge in [-0.25, -0.2) is 12.7 Å². The van der Waals surface area contributed by atoms with Crippen molar-refractivity contribution in [3.05, 3.63) is 0 Å². The molecule has 0 atom stereocenters. The van der Waals surface area contributed by atoms with Crippen LogP contribution in [0.4, 0.5) is 0 Å². The van der Waals surface area contributed by atoms with Crippen LogP contribution in [0.2, 0.25) is 0 Å². The van der Waals surface area contributed by atoms with Crippen LogP contribution in [-0.2, 0) is 10.0 Å². The maximum absolute atomic E-state index is 12.3. The van der Waals surface area contributed by atoms with E-state index < -0.39 is 15.6 Å². The van der Waals surface area contributed by atoms with Gasteiger partial charge in [-0.15, -0.1) is 0 Å². The third-order valence-electron chi connectivity index (χ3n) is 4.77. The molecule has 1 heterocycles. The number of sulfonamides is 1. The fourth-order valence-electron chi connectivity index (χ4n) is 3.35. The first kappa shape index (κ1) is 16.2. The van der Waals surface area contributed by atoms with E-state index in [1.54, 1.807) is 7.05 Å². The zero-order valence-electron chi connectivity index (χ0n) is 12.5. The Hall–Kier alpha value is -0.170. The van der Waals surface area contributed by atoms with Crippen LogP contribution in [-0.4, -0.2) is 55.9 Å². The number of hydrogen-bond acceptors (Lipinski definition) is 4. The summed E-state index contributed by atoms with van der Waals surface area (Å²) < 4.78 is 26.0. The number of hydrogen-bond donors (Lipinski definition) is 2. The monoisotopic (exact) mass is 304 g/mol. The number of aliphatic hydroxyl groups is 1. The molecule has 0 bridgehead atoms. The van der Waals surface area contributed by atoms with Gasteiger partial charge >= 0.3 is 0 Å². The van der Waals surface area contributed by atoms with Gasteiger partial charge in [0.05, 0.1) is 11.4 Å². The van der Waals surface area contributed by atoms with E-state index in [4.69, 9.17) is 0 Å². The summed E-state index contributed by atoms with van der Waals surface area (Å²) >= 11 is 0. The van der Waals surface area contributed by atoms with Gasteiger partial charge in [-0.05, 0) is 51.1 Å². The lowest BCUT2D eigenvalue weighted by Crippen LogP contribution is -2.43. The molecule has 2 rings (SSSR count). The Labute approximate surface area is 122 Å². The summed E-state index contributed by atoms with van der Waals surface area (Å²) in [7, 11) is -1.63. The first-order valence-electron chi connectivity index (χ1n) is 7.78. The summed E-state index contributed by atoms with van der Waals surface area (Å²) in [6.07, 6.45) is 6.33. The molecule has 2 aliphatic rings. The zero-order chi connectivity index (χ0) is 14.6. The number of rotatable bonds is 6. The number of nitrogens with one attached hydrogen (secondary N) is 1. The second-order valence-electron chi connectivity index (χ2n) is 6.49. The van der Waals surface area contributed by atoms with E-state index in [2.05, 4.69) is 5.32 Å². The van der Waals surface area contributed by atoms with Gasteiger partial charge in [-0.1, -0.05) is 12.8 Å². The molecule has 118 valence electrons. The van der Waals surface area contributed by atoms with E-state index in [-0.39, 0.29) is 12.3 Å². The van der Waals surface area contributed by atoms with Gasteiger partial charge < -0.3 is 10.4 Å². The highest BCUT2D eigenvalue weighted by atomic mass is 32.2. The lowest BCUT2D eigenvalue weighted by molar-refractivity contribution is 0.0333. The highest BCUT2D eigenvalue weighted by molar-refractivity contribution is 7.89. The maximum Gasteiger partial charge on any atom is 0.213 e. The topological polar surface area (TPSA) is 69.6 Å². The molecule has 1 aliphatic heterocycles. The van der Waals surface area contributed by atoms with Crippen LogP contribution >= 0.6 is 0 Å². The lowest BCUT2D eigenvalue weighted by Gasteiger charge is -2.29. The quantitative estimate of drug-likeness (QED) is 0.766. The summed E-state index contributed by atoms with van der Waals surface area (Å²) in [5.41, 5.74) is -0.795. The van der Waals surface area contributed by atoms with Gasteiger partial charge in [0, 0.05) is 13.6 Å². The van der Waals surface area contributed by atoms with Gasteiger partial charge in [-0.2, -0.15) is 0 Å². The molecule has 5 nitrogen and oxygen atoms in total. The van der Waals surface area contributed by atoms with Crippen LogP contribution in [0, 0.1) is 5.92 Å². The molecule has 1 saturated carbocycles. The van der Waals surface area contributed by atoms with Gasteiger partial charge in [0.2, 0.25) is 10.0 Å². The molecule has 0 radical (unpaired) electrons. The van der Waals surface area contributed by atoms with Crippen LogP contribution in [0.1, 0.15) is 44.9 Å². The molecule has 0 aromatic heterocycles. The van der Waals surface area contributed by atoms with Crippen LogP contribution in [0.15, 0.2) is 0 Å². The predicted octanol–water partition coefficient (Wildman–Crippen LogP) is 0.943. The van der Waals surface area contributed by atoms with Crippen LogP contribution < -0.4 is 5.32 Å². The van der Waals surface area contributed by atoms with Crippen molar-refractivity contribution in [3.63, 3.8) is 0 Å². The normalized spacial score (nSPS) is 24.4. The fraction of sp³-hybridized carbons (Fsp3) is 1.00. The molecule has 1 aliphatic carbocycles. The third-order valence-corrected chi connectivity index (χ3v) is 6.60. The molecule has 0 spiro atoms. The van der Waals surface area contributed by atoms with Crippen LogP contribution in [0.25, 0.3) is 0 Å². The largest absolute Gasteiger partial charge is 0.389 e. The number of nitrogens with zero attached hydrogens (tertiary/aromatic N) is 1. The first-order chi connectivity index (χ1) is 9.41. The van der Waals surface area contributed by atoms with Gasteiger partial charge in [0.15, 0.2) is 0 Å². The minimum atomic E-state index is -3.23. The van der Waals surface area contributed by atoms with Gasteiger partial charge in [0.1, 0.15) is 0 Å². The molecular weight excluding hydrogens is 276 g/mol. The highest BCUT2D eigenvalue weighted by Gasteiger charge is 2.35. The van der Waals surface area contributed by atoms with Crippen molar-refractivity contribution in [2.24, 2.45) is 5.92 Å². The second-order valence-corrected chi connectivity index (χ2v) is 8.68. The Bertz CT molecular complexity index is 399. The highest BCUT2D eigenvalue weighted by Crippen LogP contribution is 2.30. The fourth-order valence-corrected chi connectivity index (χ4v) is 4.73. The van der Waals surface area contributed by atoms with E-state index >= 15 is 0 Å². The molecule has 1 saturated heterocycles. The van der Waals surface area contributed by atoms with Crippen molar-refractivity contribution in [1.82, 2.24) is 9.62 Å². The molecule has 6 heteroatoms. The minimum absolute atomic E-state index is 0.213. The summed E-state index contributed by atoms with van der Waals surface area (Å²) in [5.74, 6) is 0.735. The Kier molecular flexibility index (Phi) is 5.45. The molecule has 0 aromatic rings. The first-order valence-corrected chi connectivity index (χ1v) is 9.39. The van der Waals surface area contributed by atoms with Crippen LogP contribution in [0.5, 0.6) is 0 Å². The molecular formula is C14H28N2O3S. The lowest BCUT2D eigenvalue weighted by atomic mass is 9.96. The molecule has 2 fully saturated rings. The smallest absolute Gasteiger partial charge is 0.213 e. The molecule has 20 heavy (non-hydrogen) atoms. The minimum Gasteiger partial charge on any atom is -0.389 e. The molecule has 0 amide bonds. The number of piperidine rings is 1. The maximum atomic E-state index is 12.3. The Morgan fingerprint density at radius 1 is 1.25 bits per heavy atom. The zero-order valence-corrected chi connectivity index (χ0v) is 13.3. The predicted molar refractivity (Wildman–Crippen MR) is 80.0 cm³/mol. The molecule has 0 unspecified atom stereocenters. The summed E-state index contributed by atoms with van der Waals surface area (Å²) in [5, 5.41) is 13.6. The summed E-state index contributed by atoms with van der Waals surface area (Å²) in [6.45, 7) is 2.25. The Balaban J connectivity index is 1.82. The van der Waals surface area contributed by atoms with Crippen LogP contribution in [0.3, 0.4) is 0 Å².